The van der Waals surface area contributed by atoms with Gasteiger partial charge in [0.15, 0.2) is 5.82 Å². The van der Waals surface area contributed by atoms with Crippen molar-refractivity contribution in [1.29, 1.82) is 0 Å². The van der Waals surface area contributed by atoms with Gasteiger partial charge in [-0.1, -0.05) is 24.3 Å². The highest BCUT2D eigenvalue weighted by Gasteiger charge is 2.26. The number of aryl methyl sites for hydroxylation is 1. The van der Waals surface area contributed by atoms with Crippen LogP contribution in [0.1, 0.15) is 16.4 Å². The summed E-state index contributed by atoms with van der Waals surface area (Å²) in [4.78, 5) is 20.3. The fraction of sp³-hybridized carbons (Fsp3) is 0.214. The maximum atomic E-state index is 12.3. The number of benzene rings is 1. The van der Waals surface area contributed by atoms with Gasteiger partial charge in [-0.3, -0.25) is 9.78 Å². The Morgan fingerprint density at radius 3 is 3.05 bits per heavy atom. The first-order valence-electron chi connectivity index (χ1n) is 6.11. The molecule has 1 aromatic carbocycles. The van der Waals surface area contributed by atoms with E-state index >= 15 is 0 Å². The van der Waals surface area contributed by atoms with Crippen LogP contribution in [0.25, 0.3) is 0 Å². The van der Waals surface area contributed by atoms with Crippen molar-refractivity contribution in [3.63, 3.8) is 0 Å². The molecule has 1 N–H and O–H groups in total. The van der Waals surface area contributed by atoms with Crippen molar-refractivity contribution < 1.29 is 4.79 Å². The molecule has 1 aromatic heterocycles. The van der Waals surface area contributed by atoms with Crippen LogP contribution in [-0.4, -0.2) is 21.6 Å². The van der Waals surface area contributed by atoms with Crippen LogP contribution in [0, 0.1) is 0 Å². The third-order valence-corrected chi connectivity index (χ3v) is 4.29. The number of fused-ring (bicyclic) bond motifs is 1. The van der Waals surface area contributed by atoms with Gasteiger partial charge in [0.25, 0.3) is 0 Å². The smallest absolute Gasteiger partial charge is 0.243 e. The second-order valence-electron chi connectivity index (χ2n) is 4.28. The number of hydrogen-bond donors (Lipinski definition) is 1. The number of nitrogens with one attached hydrogen (secondary N) is 1. The van der Waals surface area contributed by atoms with Crippen LogP contribution >= 0.6 is 11.8 Å². The Kier molecular flexibility index (Phi) is 3.46. The van der Waals surface area contributed by atoms with Crippen molar-refractivity contribution in [2.75, 3.05) is 11.1 Å². The van der Waals surface area contributed by atoms with Crippen molar-refractivity contribution in [3.8, 4) is 0 Å². The molecule has 5 heteroatoms. The lowest BCUT2D eigenvalue weighted by Gasteiger charge is -2.23. The van der Waals surface area contributed by atoms with Crippen LogP contribution in [0.5, 0.6) is 0 Å². The number of anilines is 1. The molecule has 2 heterocycles. The van der Waals surface area contributed by atoms with E-state index in [1.165, 1.54) is 5.56 Å². The van der Waals surface area contributed by atoms with Crippen molar-refractivity contribution in [1.82, 2.24) is 9.97 Å². The van der Waals surface area contributed by atoms with E-state index in [9.17, 15) is 4.79 Å². The zero-order chi connectivity index (χ0) is 13.1. The van der Waals surface area contributed by atoms with Gasteiger partial charge in [-0.05, 0) is 23.3 Å². The molecule has 0 aliphatic carbocycles. The van der Waals surface area contributed by atoms with Crippen molar-refractivity contribution in [2.45, 2.75) is 11.7 Å². The highest BCUT2D eigenvalue weighted by Crippen LogP contribution is 2.37. The van der Waals surface area contributed by atoms with Gasteiger partial charge in [0, 0.05) is 12.4 Å². The predicted octanol–water partition coefficient (Wildman–Crippen LogP) is 2.45. The average Bonchev–Trinajstić information content (AvgIpc) is 2.47. The molecule has 1 aliphatic heterocycles. The lowest BCUT2D eigenvalue weighted by molar-refractivity contribution is -0.115. The number of amides is 1. The minimum atomic E-state index is -0.160. The molecule has 0 radical (unpaired) electrons. The third-order valence-electron chi connectivity index (χ3n) is 3.05. The van der Waals surface area contributed by atoms with Gasteiger partial charge in [-0.15, -0.1) is 11.8 Å². The predicted molar refractivity (Wildman–Crippen MR) is 76.0 cm³/mol. The summed E-state index contributed by atoms with van der Waals surface area (Å²) in [5.74, 6) is 1.43. The third kappa shape index (κ3) is 2.61. The standard InChI is InChI=1S/C14H13N3OS/c18-14(17-12-9-15-6-7-16-12)13-11-4-2-1-3-10(11)5-8-19-13/h1-4,6-7,9,13H,5,8H2,(H,16,17,18). The SMILES string of the molecule is O=C(Nc1cnccn1)C1SCCc2ccccc21. The number of nitrogens with zero attached hydrogens (tertiary/aromatic N) is 2. The maximum Gasteiger partial charge on any atom is 0.243 e. The lowest BCUT2D eigenvalue weighted by atomic mass is 10.0. The van der Waals surface area contributed by atoms with E-state index < -0.39 is 0 Å². The summed E-state index contributed by atoms with van der Waals surface area (Å²) in [6.07, 6.45) is 5.73. The number of hydrogen-bond acceptors (Lipinski definition) is 4. The van der Waals surface area contributed by atoms with Crippen molar-refractivity contribution in [3.05, 3.63) is 54.0 Å². The van der Waals surface area contributed by atoms with Crippen LogP contribution in [-0.2, 0) is 11.2 Å². The summed E-state index contributed by atoms with van der Waals surface area (Å²) in [5.41, 5.74) is 2.38. The number of carbonyl (C=O) groups is 1. The fourth-order valence-corrected chi connectivity index (χ4v) is 3.36. The van der Waals surface area contributed by atoms with Gasteiger partial charge in [-0.25, -0.2) is 4.98 Å². The number of carbonyl (C=O) groups excluding carboxylic acids is 1. The molecule has 0 saturated carbocycles. The number of rotatable bonds is 2. The topological polar surface area (TPSA) is 54.9 Å². The second kappa shape index (κ2) is 5.40. The lowest BCUT2D eigenvalue weighted by Crippen LogP contribution is -2.23. The Morgan fingerprint density at radius 1 is 1.32 bits per heavy atom. The van der Waals surface area contributed by atoms with E-state index in [-0.39, 0.29) is 11.2 Å². The summed E-state index contributed by atoms with van der Waals surface area (Å²) in [6, 6.07) is 8.12. The van der Waals surface area contributed by atoms with Crippen LogP contribution in [0.15, 0.2) is 42.9 Å². The van der Waals surface area contributed by atoms with E-state index in [1.54, 1.807) is 30.4 Å². The number of aromatic nitrogens is 2. The van der Waals surface area contributed by atoms with Gasteiger partial charge >= 0.3 is 0 Å². The first-order valence-corrected chi connectivity index (χ1v) is 7.16. The molecule has 0 spiro atoms. The molecular weight excluding hydrogens is 258 g/mol. The fourth-order valence-electron chi connectivity index (χ4n) is 2.17. The minimum absolute atomic E-state index is 0.0300. The molecule has 1 aliphatic rings. The molecule has 1 atom stereocenters. The van der Waals surface area contributed by atoms with Crippen LogP contribution < -0.4 is 5.32 Å². The van der Waals surface area contributed by atoms with Gasteiger partial charge in [0.1, 0.15) is 5.25 Å². The molecule has 1 amide bonds. The first-order chi connectivity index (χ1) is 9.34. The van der Waals surface area contributed by atoms with E-state index in [4.69, 9.17) is 0 Å². The summed E-state index contributed by atoms with van der Waals surface area (Å²) in [7, 11) is 0. The minimum Gasteiger partial charge on any atom is -0.308 e. The quantitative estimate of drug-likeness (QED) is 0.911. The Balaban J connectivity index is 1.82. The Bertz CT molecular complexity index is 588. The van der Waals surface area contributed by atoms with Gasteiger partial charge in [-0.2, -0.15) is 0 Å². The van der Waals surface area contributed by atoms with Gasteiger partial charge < -0.3 is 5.32 Å². The van der Waals surface area contributed by atoms with Crippen LogP contribution in [0.4, 0.5) is 5.82 Å². The normalized spacial score (nSPS) is 17.6. The van der Waals surface area contributed by atoms with E-state index in [1.807, 2.05) is 18.2 Å². The molecule has 1 unspecified atom stereocenters. The van der Waals surface area contributed by atoms with Crippen molar-refractivity contribution >= 4 is 23.5 Å². The highest BCUT2D eigenvalue weighted by molar-refractivity contribution is 8.00. The zero-order valence-electron chi connectivity index (χ0n) is 10.2. The summed E-state index contributed by atoms with van der Waals surface area (Å²) < 4.78 is 0. The second-order valence-corrected chi connectivity index (χ2v) is 5.49. The molecule has 19 heavy (non-hydrogen) atoms. The van der Waals surface area contributed by atoms with E-state index in [0.29, 0.717) is 5.82 Å². The van der Waals surface area contributed by atoms with Crippen LogP contribution in [0.3, 0.4) is 0 Å². The van der Waals surface area contributed by atoms with Gasteiger partial charge in [0.2, 0.25) is 5.91 Å². The first kappa shape index (κ1) is 12.2. The van der Waals surface area contributed by atoms with E-state index in [2.05, 4.69) is 21.4 Å². The summed E-state index contributed by atoms with van der Waals surface area (Å²) in [5, 5.41) is 2.66. The Morgan fingerprint density at radius 2 is 2.21 bits per heavy atom. The molecule has 0 fully saturated rings. The zero-order valence-corrected chi connectivity index (χ0v) is 11.1. The molecule has 0 saturated heterocycles. The largest absolute Gasteiger partial charge is 0.308 e. The molecule has 2 aromatic rings. The average molecular weight is 271 g/mol. The molecule has 4 nitrogen and oxygen atoms in total. The molecule has 96 valence electrons. The van der Waals surface area contributed by atoms with E-state index in [0.717, 1.165) is 17.7 Å². The van der Waals surface area contributed by atoms with Gasteiger partial charge in [0.05, 0.1) is 6.20 Å². The summed E-state index contributed by atoms with van der Waals surface area (Å²) in [6.45, 7) is 0. The Hall–Kier alpha value is -1.88. The van der Waals surface area contributed by atoms with Crippen molar-refractivity contribution in [2.24, 2.45) is 0 Å². The maximum absolute atomic E-state index is 12.3. The highest BCUT2D eigenvalue weighted by atomic mass is 32.2. The molecule has 3 rings (SSSR count). The monoisotopic (exact) mass is 271 g/mol. The van der Waals surface area contributed by atoms with Crippen LogP contribution in [0.2, 0.25) is 0 Å². The molecule has 0 bridgehead atoms. The Labute approximate surface area is 115 Å². The molecular formula is C14H13N3OS. The number of thioether (sulfide) groups is 1. The summed E-state index contributed by atoms with van der Waals surface area (Å²) >= 11 is 1.67.